The molecule has 0 saturated carbocycles. The van der Waals surface area contributed by atoms with Crippen LogP contribution < -0.4 is 0 Å². The first-order valence-electron chi connectivity index (χ1n) is 17.2. The third-order valence-corrected chi connectivity index (χ3v) is 8.41. The fourth-order valence-electron chi connectivity index (χ4n) is 5.43. The predicted molar refractivity (Wildman–Crippen MR) is 164 cm³/mol. The molecule has 36 heavy (non-hydrogen) atoms. The lowest BCUT2D eigenvalue weighted by Gasteiger charge is -2.07. The van der Waals surface area contributed by atoms with Crippen LogP contribution in [0.2, 0.25) is 0 Å². The van der Waals surface area contributed by atoms with E-state index in [1.807, 2.05) is 0 Å². The number of hydrogen-bond donors (Lipinski definition) is 0. The summed E-state index contributed by atoms with van der Waals surface area (Å²) >= 11 is 0. The topological polar surface area (TPSA) is 17.1 Å². The van der Waals surface area contributed by atoms with E-state index in [1.165, 1.54) is 167 Å². The van der Waals surface area contributed by atoms with Crippen LogP contribution in [-0.4, -0.2) is 5.78 Å². The van der Waals surface area contributed by atoms with Gasteiger partial charge in [0.25, 0.3) is 0 Å². The molecule has 0 spiro atoms. The van der Waals surface area contributed by atoms with E-state index in [9.17, 15) is 4.79 Å². The van der Waals surface area contributed by atoms with Gasteiger partial charge in [-0.25, -0.2) is 0 Å². The standard InChI is InChI=1S/C35H70O/c1-4-6-7-8-9-10-11-13-17-20-23-26-29-32-35(36)33-30-27-24-21-18-15-12-14-16-19-22-25-28-31-34(3)5-2/h34H,4-33H2,1-3H3. The Balaban J connectivity index is 3.16. The van der Waals surface area contributed by atoms with Crippen LogP contribution in [0.25, 0.3) is 0 Å². The van der Waals surface area contributed by atoms with Crippen LogP contribution in [0.4, 0.5) is 0 Å². The minimum atomic E-state index is 0.526. The number of carbonyl (C=O) groups excluding carboxylic acids is 1. The summed E-state index contributed by atoms with van der Waals surface area (Å²) in [5.74, 6) is 1.46. The summed E-state index contributed by atoms with van der Waals surface area (Å²) in [7, 11) is 0. The molecule has 0 N–H and O–H groups in total. The van der Waals surface area contributed by atoms with Crippen molar-refractivity contribution in [2.24, 2.45) is 5.92 Å². The van der Waals surface area contributed by atoms with E-state index in [0.717, 1.165) is 31.6 Å². The molecule has 1 nitrogen and oxygen atoms in total. The third kappa shape index (κ3) is 29.9. The Morgan fingerprint density at radius 2 is 0.694 bits per heavy atom. The molecule has 0 amide bonds. The summed E-state index contributed by atoms with van der Waals surface area (Å²) in [5.41, 5.74) is 0. The first-order valence-corrected chi connectivity index (χ1v) is 17.2. The van der Waals surface area contributed by atoms with E-state index >= 15 is 0 Å². The number of rotatable bonds is 31. The highest BCUT2D eigenvalue weighted by Crippen LogP contribution is 2.17. The van der Waals surface area contributed by atoms with Gasteiger partial charge in [0.05, 0.1) is 0 Å². The average molecular weight is 507 g/mol. The molecule has 0 aliphatic carbocycles. The van der Waals surface area contributed by atoms with E-state index < -0.39 is 0 Å². The highest BCUT2D eigenvalue weighted by Gasteiger charge is 2.02. The molecule has 1 heteroatoms. The van der Waals surface area contributed by atoms with Crippen molar-refractivity contribution in [3.63, 3.8) is 0 Å². The molecule has 0 heterocycles. The molecule has 0 aliphatic heterocycles. The summed E-state index contributed by atoms with van der Waals surface area (Å²) in [6.07, 6.45) is 40.4. The van der Waals surface area contributed by atoms with Crippen LogP contribution in [0.5, 0.6) is 0 Å². The zero-order valence-corrected chi connectivity index (χ0v) is 25.7. The lowest BCUT2D eigenvalue weighted by Crippen LogP contribution is -1.97. The van der Waals surface area contributed by atoms with Crippen molar-refractivity contribution in [1.29, 1.82) is 0 Å². The van der Waals surface area contributed by atoms with Gasteiger partial charge >= 0.3 is 0 Å². The molecule has 0 aromatic heterocycles. The summed E-state index contributed by atoms with van der Waals surface area (Å²) in [6, 6.07) is 0. The summed E-state index contributed by atoms with van der Waals surface area (Å²) in [4.78, 5) is 12.1. The van der Waals surface area contributed by atoms with Gasteiger partial charge in [-0.15, -0.1) is 0 Å². The number of ketones is 1. The van der Waals surface area contributed by atoms with Gasteiger partial charge in [-0.2, -0.15) is 0 Å². The Morgan fingerprint density at radius 1 is 0.417 bits per heavy atom. The quantitative estimate of drug-likeness (QED) is 0.0854. The van der Waals surface area contributed by atoms with Gasteiger partial charge in [0.1, 0.15) is 5.78 Å². The number of Topliss-reactive ketones (excluding diaryl/α,β-unsaturated/α-hetero) is 1. The lowest BCUT2D eigenvalue weighted by molar-refractivity contribution is -0.119. The number of hydrogen-bond acceptors (Lipinski definition) is 1. The highest BCUT2D eigenvalue weighted by molar-refractivity contribution is 5.78. The van der Waals surface area contributed by atoms with Gasteiger partial charge in [0.15, 0.2) is 0 Å². The van der Waals surface area contributed by atoms with Crippen molar-refractivity contribution >= 4 is 5.78 Å². The number of unbranched alkanes of at least 4 members (excludes halogenated alkanes) is 24. The smallest absolute Gasteiger partial charge is 0.132 e. The first kappa shape index (κ1) is 35.7. The van der Waals surface area contributed by atoms with E-state index in [0.29, 0.717) is 5.78 Å². The van der Waals surface area contributed by atoms with Crippen molar-refractivity contribution < 1.29 is 4.79 Å². The molecular weight excluding hydrogens is 436 g/mol. The molecule has 0 saturated heterocycles. The van der Waals surface area contributed by atoms with E-state index in [-0.39, 0.29) is 0 Å². The van der Waals surface area contributed by atoms with E-state index in [2.05, 4.69) is 20.8 Å². The Morgan fingerprint density at radius 3 is 1.00 bits per heavy atom. The van der Waals surface area contributed by atoms with Crippen LogP contribution in [0.1, 0.15) is 213 Å². The summed E-state index contributed by atoms with van der Waals surface area (Å²) < 4.78 is 0. The molecule has 0 bridgehead atoms. The van der Waals surface area contributed by atoms with Gasteiger partial charge in [-0.3, -0.25) is 4.79 Å². The Labute approximate surface area is 229 Å². The minimum absolute atomic E-state index is 0.526. The molecule has 0 radical (unpaired) electrons. The third-order valence-electron chi connectivity index (χ3n) is 8.41. The molecule has 0 fully saturated rings. The largest absolute Gasteiger partial charge is 0.300 e. The second-order valence-electron chi connectivity index (χ2n) is 12.2. The van der Waals surface area contributed by atoms with Crippen molar-refractivity contribution in [2.75, 3.05) is 0 Å². The SMILES string of the molecule is CCCCCCCCCCCCCCCC(=O)CCCCCCCCCCCCCCCC(C)CC. The van der Waals surface area contributed by atoms with Gasteiger partial charge in [-0.05, 0) is 18.8 Å². The maximum Gasteiger partial charge on any atom is 0.132 e. The molecule has 216 valence electrons. The van der Waals surface area contributed by atoms with Crippen LogP contribution in [0, 0.1) is 5.92 Å². The number of carbonyl (C=O) groups is 1. The van der Waals surface area contributed by atoms with E-state index in [1.54, 1.807) is 0 Å². The molecular formula is C35H70O. The van der Waals surface area contributed by atoms with Crippen LogP contribution >= 0.6 is 0 Å². The van der Waals surface area contributed by atoms with Gasteiger partial charge in [-0.1, -0.05) is 188 Å². The first-order chi connectivity index (χ1) is 17.7. The highest BCUT2D eigenvalue weighted by atomic mass is 16.1. The lowest BCUT2D eigenvalue weighted by atomic mass is 9.99. The fourth-order valence-corrected chi connectivity index (χ4v) is 5.43. The summed E-state index contributed by atoms with van der Waals surface area (Å²) in [6.45, 7) is 6.99. The second kappa shape index (κ2) is 30.9. The fraction of sp³-hybridized carbons (Fsp3) is 0.971. The van der Waals surface area contributed by atoms with Gasteiger partial charge < -0.3 is 0 Å². The van der Waals surface area contributed by atoms with Crippen molar-refractivity contribution in [1.82, 2.24) is 0 Å². The Kier molecular flexibility index (Phi) is 30.6. The van der Waals surface area contributed by atoms with Crippen LogP contribution in [0.15, 0.2) is 0 Å². The molecule has 1 unspecified atom stereocenters. The molecule has 0 aliphatic rings. The maximum absolute atomic E-state index is 12.1. The summed E-state index contributed by atoms with van der Waals surface area (Å²) in [5, 5.41) is 0. The monoisotopic (exact) mass is 507 g/mol. The second-order valence-corrected chi connectivity index (χ2v) is 12.2. The van der Waals surface area contributed by atoms with Crippen LogP contribution in [0.3, 0.4) is 0 Å². The maximum atomic E-state index is 12.1. The minimum Gasteiger partial charge on any atom is -0.300 e. The van der Waals surface area contributed by atoms with Crippen molar-refractivity contribution in [2.45, 2.75) is 213 Å². The average Bonchev–Trinajstić information content (AvgIpc) is 2.88. The van der Waals surface area contributed by atoms with Crippen molar-refractivity contribution in [3.05, 3.63) is 0 Å². The molecule has 0 rings (SSSR count). The Hall–Kier alpha value is -0.330. The van der Waals surface area contributed by atoms with Gasteiger partial charge in [0, 0.05) is 12.8 Å². The molecule has 0 aromatic carbocycles. The molecule has 1 atom stereocenters. The zero-order chi connectivity index (χ0) is 26.4. The normalized spacial score (nSPS) is 12.3. The molecule has 0 aromatic rings. The Bertz CT molecular complexity index is 415. The predicted octanol–water partition coefficient (Wildman–Crippen LogP) is 12.9. The van der Waals surface area contributed by atoms with Gasteiger partial charge in [0.2, 0.25) is 0 Å². The zero-order valence-electron chi connectivity index (χ0n) is 25.7. The van der Waals surface area contributed by atoms with E-state index in [4.69, 9.17) is 0 Å². The van der Waals surface area contributed by atoms with Crippen molar-refractivity contribution in [3.8, 4) is 0 Å². The van der Waals surface area contributed by atoms with Crippen LogP contribution in [-0.2, 0) is 4.79 Å².